The molecule has 0 saturated heterocycles. The Balaban J connectivity index is 1.64. The summed E-state index contributed by atoms with van der Waals surface area (Å²) in [4.78, 5) is 52.0. The third-order valence-electron chi connectivity index (χ3n) is 7.55. The summed E-state index contributed by atoms with van der Waals surface area (Å²) in [6.07, 6.45) is 7.56. The van der Waals surface area contributed by atoms with Gasteiger partial charge in [-0.15, -0.1) is 0 Å². The smallest absolute Gasteiger partial charge is 0.336 e. The highest BCUT2D eigenvalue weighted by Gasteiger charge is 2.50. The third kappa shape index (κ3) is 4.14. The second-order valence-corrected chi connectivity index (χ2v) is 10.8. The molecular formula is C21H33N4O6P. The zero-order valence-corrected chi connectivity index (χ0v) is 19.7. The van der Waals surface area contributed by atoms with Gasteiger partial charge in [-0.3, -0.25) is 18.5 Å². The third-order valence-corrected chi connectivity index (χ3v) is 8.07. The molecule has 2 bridgehead atoms. The van der Waals surface area contributed by atoms with Gasteiger partial charge in [0.05, 0.1) is 6.61 Å². The summed E-state index contributed by atoms with van der Waals surface area (Å²) in [5.74, 6) is 0.794. The molecule has 2 aromatic heterocycles. The van der Waals surface area contributed by atoms with Crippen LogP contribution in [0.1, 0.15) is 77.5 Å². The van der Waals surface area contributed by atoms with E-state index in [0.717, 1.165) is 50.8 Å². The number of hydrogen-bond donors (Lipinski definition) is 3. The van der Waals surface area contributed by atoms with E-state index < -0.39 is 7.82 Å². The number of nitrogens with zero attached hydrogens (tertiary/aromatic N) is 3. The molecule has 2 heterocycles. The highest BCUT2D eigenvalue weighted by Crippen LogP contribution is 2.59. The minimum atomic E-state index is -4.44. The van der Waals surface area contributed by atoms with E-state index >= 15 is 0 Å². The fourth-order valence-corrected chi connectivity index (χ4v) is 5.97. The first-order chi connectivity index (χ1) is 15.1. The number of aromatic nitrogens is 4. The summed E-state index contributed by atoms with van der Waals surface area (Å²) in [5, 5.41) is 0. The second kappa shape index (κ2) is 8.56. The van der Waals surface area contributed by atoms with Gasteiger partial charge in [-0.2, -0.15) is 0 Å². The molecule has 0 unspecified atom stereocenters. The molecule has 3 aliphatic rings. The summed E-state index contributed by atoms with van der Waals surface area (Å²) in [5.41, 5.74) is 0.161. The SMILES string of the molecule is CCCn1c(=O)c2[nH]c(C34CCC(CCOP(=O)(O)O)(CC3)CC4)nc2n(CCC)c1=O. The molecule has 0 aromatic carbocycles. The zero-order chi connectivity index (χ0) is 23.1. The quantitative estimate of drug-likeness (QED) is 0.481. The van der Waals surface area contributed by atoms with Crippen molar-refractivity contribution in [3.05, 3.63) is 26.7 Å². The average Bonchev–Trinajstić information content (AvgIpc) is 3.21. The fourth-order valence-electron chi connectivity index (χ4n) is 5.64. The Morgan fingerprint density at radius 2 is 1.62 bits per heavy atom. The number of imidazole rings is 1. The number of aromatic amines is 1. The lowest BCUT2D eigenvalue weighted by molar-refractivity contribution is 0.0156. The molecule has 178 valence electrons. The number of rotatable bonds is 9. The highest BCUT2D eigenvalue weighted by molar-refractivity contribution is 7.46. The van der Waals surface area contributed by atoms with Crippen molar-refractivity contribution in [1.82, 2.24) is 19.1 Å². The molecule has 0 atom stereocenters. The van der Waals surface area contributed by atoms with E-state index in [1.54, 1.807) is 4.57 Å². The van der Waals surface area contributed by atoms with E-state index in [1.165, 1.54) is 4.57 Å². The molecule has 5 rings (SSSR count). The van der Waals surface area contributed by atoms with E-state index in [9.17, 15) is 14.2 Å². The van der Waals surface area contributed by atoms with Gasteiger partial charge >= 0.3 is 13.5 Å². The number of phosphoric acid groups is 1. The molecule has 0 aliphatic heterocycles. The van der Waals surface area contributed by atoms with Gasteiger partial charge in [-0.25, -0.2) is 14.3 Å². The van der Waals surface area contributed by atoms with Gasteiger partial charge in [0.2, 0.25) is 0 Å². The Bertz CT molecular complexity index is 1130. The predicted octanol–water partition coefficient (Wildman–Crippen LogP) is 2.80. The van der Waals surface area contributed by atoms with Gasteiger partial charge in [0.25, 0.3) is 5.56 Å². The molecule has 0 spiro atoms. The maximum Gasteiger partial charge on any atom is 0.469 e. The van der Waals surface area contributed by atoms with Crippen LogP contribution in [0.3, 0.4) is 0 Å². The van der Waals surface area contributed by atoms with Crippen LogP contribution in [0.5, 0.6) is 0 Å². The summed E-state index contributed by atoms with van der Waals surface area (Å²) >= 11 is 0. The van der Waals surface area contributed by atoms with Gasteiger partial charge in [-0.05, 0) is 63.2 Å². The van der Waals surface area contributed by atoms with Gasteiger partial charge < -0.3 is 14.8 Å². The normalized spacial score (nSPS) is 25.6. The monoisotopic (exact) mass is 468 g/mol. The van der Waals surface area contributed by atoms with Crippen LogP contribution in [0.15, 0.2) is 9.59 Å². The minimum Gasteiger partial charge on any atom is -0.336 e. The van der Waals surface area contributed by atoms with Crippen molar-refractivity contribution in [1.29, 1.82) is 0 Å². The van der Waals surface area contributed by atoms with Crippen molar-refractivity contribution in [2.24, 2.45) is 5.41 Å². The number of aryl methyl sites for hydroxylation is 1. The van der Waals surface area contributed by atoms with E-state index in [-0.39, 0.29) is 28.7 Å². The largest absolute Gasteiger partial charge is 0.469 e. The Hall–Kier alpha value is -1.74. The first kappa shape index (κ1) is 23.4. The second-order valence-electron chi connectivity index (χ2n) is 9.53. The number of phosphoric ester groups is 1. The minimum absolute atomic E-state index is 0.0427. The highest BCUT2D eigenvalue weighted by atomic mass is 31.2. The van der Waals surface area contributed by atoms with Gasteiger partial charge in [0.15, 0.2) is 5.65 Å². The fraction of sp³-hybridized carbons (Fsp3) is 0.762. The predicted molar refractivity (Wildman–Crippen MR) is 120 cm³/mol. The molecule has 32 heavy (non-hydrogen) atoms. The molecule has 2 aromatic rings. The van der Waals surface area contributed by atoms with Crippen molar-refractivity contribution >= 4 is 19.0 Å². The summed E-state index contributed by atoms with van der Waals surface area (Å²) in [6.45, 7) is 4.90. The van der Waals surface area contributed by atoms with Gasteiger partial charge in [-0.1, -0.05) is 13.8 Å². The summed E-state index contributed by atoms with van der Waals surface area (Å²) in [6, 6.07) is 0. The van der Waals surface area contributed by atoms with Crippen LogP contribution in [0.4, 0.5) is 0 Å². The molecule has 3 saturated carbocycles. The number of fused-ring (bicyclic) bond motifs is 4. The lowest BCUT2D eigenvalue weighted by atomic mass is 9.52. The van der Waals surface area contributed by atoms with Crippen LogP contribution in [0.25, 0.3) is 11.2 Å². The number of H-pyrrole nitrogens is 1. The molecule has 3 N–H and O–H groups in total. The van der Waals surface area contributed by atoms with Crippen LogP contribution in [0, 0.1) is 5.41 Å². The van der Waals surface area contributed by atoms with Crippen LogP contribution in [-0.2, 0) is 27.6 Å². The van der Waals surface area contributed by atoms with E-state index in [1.807, 2.05) is 13.8 Å². The lowest BCUT2D eigenvalue weighted by Gasteiger charge is -2.52. The first-order valence-corrected chi connectivity index (χ1v) is 13.1. The van der Waals surface area contributed by atoms with Crippen molar-refractivity contribution < 1.29 is 18.9 Å². The summed E-state index contributed by atoms with van der Waals surface area (Å²) < 4.78 is 18.6. The Labute approximate surface area is 186 Å². The van der Waals surface area contributed by atoms with E-state index in [4.69, 9.17) is 19.3 Å². The molecule has 3 fully saturated rings. The molecule has 0 radical (unpaired) electrons. The standard InChI is InChI=1S/C21H33N4O6P/c1-3-12-24-16-15(17(26)25(13-4-2)19(24)27)22-18(23-16)21-8-5-20(6-9-21,7-10-21)11-14-31-32(28,29)30/h3-14H2,1-2H3,(H,22,23)(H2,28,29,30). The zero-order valence-electron chi connectivity index (χ0n) is 18.8. The van der Waals surface area contributed by atoms with Gasteiger partial charge in [0, 0.05) is 18.5 Å². The van der Waals surface area contributed by atoms with Crippen LogP contribution in [0.2, 0.25) is 0 Å². The number of hydrogen-bond acceptors (Lipinski definition) is 5. The maximum absolute atomic E-state index is 13.0. The van der Waals surface area contributed by atoms with E-state index in [0.29, 0.717) is 37.1 Å². The van der Waals surface area contributed by atoms with Crippen LogP contribution >= 0.6 is 7.82 Å². The van der Waals surface area contributed by atoms with Crippen molar-refractivity contribution in [3.8, 4) is 0 Å². The topological polar surface area (TPSA) is 139 Å². The Morgan fingerprint density at radius 1 is 1.03 bits per heavy atom. The average molecular weight is 468 g/mol. The van der Waals surface area contributed by atoms with Crippen molar-refractivity contribution in [2.75, 3.05) is 6.61 Å². The molecule has 10 nitrogen and oxygen atoms in total. The summed E-state index contributed by atoms with van der Waals surface area (Å²) in [7, 11) is -4.44. The van der Waals surface area contributed by atoms with Crippen LogP contribution < -0.4 is 11.2 Å². The van der Waals surface area contributed by atoms with Crippen molar-refractivity contribution in [3.63, 3.8) is 0 Å². The van der Waals surface area contributed by atoms with Gasteiger partial charge in [0.1, 0.15) is 11.3 Å². The molecule has 0 amide bonds. The van der Waals surface area contributed by atoms with E-state index in [2.05, 4.69) is 4.98 Å². The Morgan fingerprint density at radius 3 is 2.19 bits per heavy atom. The molecular weight excluding hydrogens is 435 g/mol. The van der Waals surface area contributed by atoms with Crippen molar-refractivity contribution in [2.45, 2.75) is 90.1 Å². The maximum atomic E-state index is 13.0. The van der Waals surface area contributed by atoms with Crippen LogP contribution in [-0.4, -0.2) is 35.5 Å². The Kier molecular flexibility index (Phi) is 6.26. The first-order valence-electron chi connectivity index (χ1n) is 11.6. The lowest BCUT2D eigenvalue weighted by Crippen LogP contribution is -2.45. The molecule has 3 aliphatic carbocycles. The molecule has 11 heteroatoms. The number of nitrogens with one attached hydrogen (secondary N) is 1.